The van der Waals surface area contributed by atoms with Crippen LogP contribution in [0.2, 0.25) is 0 Å². The lowest BCUT2D eigenvalue weighted by molar-refractivity contribution is -0.119. The first-order valence-electron chi connectivity index (χ1n) is 7.53. The van der Waals surface area contributed by atoms with Crippen LogP contribution in [0.1, 0.15) is 30.1 Å². The van der Waals surface area contributed by atoms with Gasteiger partial charge in [0.05, 0.1) is 11.0 Å². The van der Waals surface area contributed by atoms with Crippen molar-refractivity contribution in [2.75, 3.05) is 11.4 Å². The Kier molecular flexibility index (Phi) is 4.66. The number of nitrogens with zero attached hydrogens (tertiary/aromatic N) is 3. The Morgan fingerprint density at radius 3 is 2.96 bits per heavy atom. The van der Waals surface area contributed by atoms with Crippen molar-refractivity contribution in [3.05, 3.63) is 41.3 Å². The van der Waals surface area contributed by atoms with E-state index in [1.54, 1.807) is 17.9 Å². The third-order valence-corrected chi connectivity index (χ3v) is 5.09. The second-order valence-corrected chi connectivity index (χ2v) is 6.78. The Morgan fingerprint density at radius 1 is 1.43 bits per heavy atom. The molecule has 1 saturated heterocycles. The van der Waals surface area contributed by atoms with E-state index in [1.807, 2.05) is 6.92 Å². The van der Waals surface area contributed by atoms with Crippen LogP contribution in [-0.4, -0.2) is 27.8 Å². The molecule has 0 N–H and O–H groups in total. The third kappa shape index (κ3) is 3.55. The molecule has 1 unspecified atom stereocenters. The number of carbonyl (C=O) groups excluding carboxylic acids is 1. The molecular formula is C16H18FN3O2S. The summed E-state index contributed by atoms with van der Waals surface area (Å²) in [6, 6.07) is 4.54. The van der Waals surface area contributed by atoms with Gasteiger partial charge in [-0.15, -0.1) is 11.8 Å². The normalized spacial score (nSPS) is 18.5. The van der Waals surface area contributed by atoms with Gasteiger partial charge in [-0.2, -0.15) is 4.98 Å². The summed E-state index contributed by atoms with van der Waals surface area (Å²) in [5.74, 6) is 1.46. The molecule has 2 aromatic rings. The number of anilines is 1. The van der Waals surface area contributed by atoms with Crippen LogP contribution in [0.15, 0.2) is 22.7 Å². The zero-order chi connectivity index (χ0) is 16.4. The Balaban J connectivity index is 1.70. The summed E-state index contributed by atoms with van der Waals surface area (Å²) in [4.78, 5) is 18.7. The van der Waals surface area contributed by atoms with E-state index in [1.165, 1.54) is 23.9 Å². The van der Waals surface area contributed by atoms with Crippen molar-refractivity contribution in [3.63, 3.8) is 0 Å². The van der Waals surface area contributed by atoms with Gasteiger partial charge in [0.15, 0.2) is 5.82 Å². The number of hydrogen-bond donors (Lipinski definition) is 0. The minimum absolute atomic E-state index is 0.0659. The maximum absolute atomic E-state index is 13.3. The molecule has 1 atom stereocenters. The number of piperidine rings is 1. The van der Waals surface area contributed by atoms with Gasteiger partial charge in [-0.25, -0.2) is 4.39 Å². The van der Waals surface area contributed by atoms with E-state index in [2.05, 4.69) is 10.1 Å². The number of thioether (sulfide) groups is 1. The van der Waals surface area contributed by atoms with E-state index in [0.29, 0.717) is 24.0 Å². The highest BCUT2D eigenvalue weighted by atomic mass is 32.2. The van der Waals surface area contributed by atoms with Crippen molar-refractivity contribution in [2.24, 2.45) is 0 Å². The summed E-state index contributed by atoms with van der Waals surface area (Å²) >= 11 is 1.53. The Hall–Kier alpha value is -1.89. The van der Waals surface area contributed by atoms with E-state index < -0.39 is 0 Å². The molecule has 0 aliphatic carbocycles. The fourth-order valence-electron chi connectivity index (χ4n) is 2.73. The van der Waals surface area contributed by atoms with Crippen molar-refractivity contribution in [1.82, 2.24) is 10.1 Å². The lowest BCUT2D eigenvalue weighted by Crippen LogP contribution is -2.43. The molecule has 1 aromatic heterocycles. The van der Waals surface area contributed by atoms with E-state index >= 15 is 0 Å². The third-order valence-electron chi connectivity index (χ3n) is 3.82. The van der Waals surface area contributed by atoms with Crippen LogP contribution < -0.4 is 4.90 Å². The largest absolute Gasteiger partial charge is 0.340 e. The zero-order valence-corrected chi connectivity index (χ0v) is 13.9. The molecule has 7 heteroatoms. The molecule has 1 aliphatic heterocycles. The Morgan fingerprint density at radius 2 is 2.26 bits per heavy atom. The zero-order valence-electron chi connectivity index (χ0n) is 13.1. The van der Waals surface area contributed by atoms with Gasteiger partial charge in [0.2, 0.25) is 11.8 Å². The molecule has 1 amide bonds. The van der Waals surface area contributed by atoms with Gasteiger partial charge in [-0.1, -0.05) is 5.16 Å². The average Bonchev–Trinajstić information content (AvgIpc) is 2.92. The SMILES string of the molecule is Cc1nc(CSC2CCCN(c3ccc(F)cc3C)C2=O)no1. The maximum Gasteiger partial charge on any atom is 0.240 e. The van der Waals surface area contributed by atoms with Crippen molar-refractivity contribution in [2.45, 2.75) is 37.7 Å². The van der Waals surface area contributed by atoms with Crippen LogP contribution >= 0.6 is 11.8 Å². The lowest BCUT2D eigenvalue weighted by atomic mass is 10.1. The van der Waals surface area contributed by atoms with Crippen LogP contribution in [0, 0.1) is 19.7 Å². The number of rotatable bonds is 4. The molecule has 0 radical (unpaired) electrons. The van der Waals surface area contributed by atoms with E-state index in [9.17, 15) is 9.18 Å². The van der Waals surface area contributed by atoms with E-state index in [0.717, 1.165) is 24.1 Å². The Labute approximate surface area is 138 Å². The van der Waals surface area contributed by atoms with Gasteiger partial charge in [0.1, 0.15) is 5.82 Å². The summed E-state index contributed by atoms with van der Waals surface area (Å²) in [5, 5.41) is 3.72. The van der Waals surface area contributed by atoms with Crippen LogP contribution in [0.5, 0.6) is 0 Å². The van der Waals surface area contributed by atoms with Crippen LogP contribution in [0.4, 0.5) is 10.1 Å². The van der Waals surface area contributed by atoms with E-state index in [4.69, 9.17) is 4.52 Å². The number of halogens is 1. The summed E-state index contributed by atoms with van der Waals surface area (Å²) in [6.45, 7) is 4.24. The second kappa shape index (κ2) is 6.70. The maximum atomic E-state index is 13.3. The number of aryl methyl sites for hydroxylation is 2. The predicted octanol–water partition coefficient (Wildman–Crippen LogP) is 3.25. The fourth-order valence-corrected chi connectivity index (χ4v) is 3.80. The highest BCUT2D eigenvalue weighted by molar-refractivity contribution is 7.99. The van der Waals surface area contributed by atoms with Gasteiger partial charge in [0.25, 0.3) is 0 Å². The first-order valence-corrected chi connectivity index (χ1v) is 8.58. The van der Waals surface area contributed by atoms with Gasteiger partial charge in [-0.3, -0.25) is 4.79 Å². The summed E-state index contributed by atoms with van der Waals surface area (Å²) in [7, 11) is 0. The second-order valence-electron chi connectivity index (χ2n) is 5.59. The molecule has 2 heterocycles. The molecule has 5 nitrogen and oxygen atoms in total. The molecule has 1 aliphatic rings. The monoisotopic (exact) mass is 335 g/mol. The standard InChI is InChI=1S/C16H18FN3O2S/c1-10-8-12(17)5-6-13(10)20-7-3-4-14(16(20)21)23-9-15-18-11(2)22-19-15/h5-6,8,14H,3-4,7,9H2,1-2H3. The minimum atomic E-state index is -0.283. The van der Waals surface area contributed by atoms with Crippen LogP contribution in [-0.2, 0) is 10.5 Å². The highest BCUT2D eigenvalue weighted by Crippen LogP contribution is 2.31. The predicted molar refractivity (Wildman–Crippen MR) is 86.8 cm³/mol. The smallest absolute Gasteiger partial charge is 0.240 e. The molecule has 3 rings (SSSR count). The van der Waals surface area contributed by atoms with Crippen LogP contribution in [0.3, 0.4) is 0 Å². The number of amides is 1. The van der Waals surface area contributed by atoms with Crippen molar-refractivity contribution >= 4 is 23.4 Å². The lowest BCUT2D eigenvalue weighted by Gasteiger charge is -2.32. The molecule has 1 aromatic carbocycles. The molecule has 0 spiro atoms. The van der Waals surface area contributed by atoms with Gasteiger partial charge < -0.3 is 9.42 Å². The number of benzene rings is 1. The van der Waals surface area contributed by atoms with Crippen molar-refractivity contribution < 1.29 is 13.7 Å². The number of aromatic nitrogens is 2. The van der Waals surface area contributed by atoms with Gasteiger partial charge >= 0.3 is 0 Å². The summed E-state index contributed by atoms with van der Waals surface area (Å²) in [5.41, 5.74) is 1.56. The van der Waals surface area contributed by atoms with Crippen molar-refractivity contribution in [1.29, 1.82) is 0 Å². The Bertz CT molecular complexity index is 719. The molecule has 0 saturated carbocycles. The first-order chi connectivity index (χ1) is 11.0. The summed E-state index contributed by atoms with van der Waals surface area (Å²) < 4.78 is 18.2. The van der Waals surface area contributed by atoms with E-state index in [-0.39, 0.29) is 17.0 Å². The van der Waals surface area contributed by atoms with Crippen LogP contribution in [0.25, 0.3) is 0 Å². The first kappa shape index (κ1) is 16.0. The molecule has 0 bridgehead atoms. The topological polar surface area (TPSA) is 59.2 Å². The summed E-state index contributed by atoms with van der Waals surface area (Å²) in [6.07, 6.45) is 1.75. The van der Waals surface area contributed by atoms with Gasteiger partial charge in [-0.05, 0) is 43.5 Å². The fraction of sp³-hybridized carbons (Fsp3) is 0.438. The number of carbonyl (C=O) groups is 1. The van der Waals surface area contributed by atoms with Crippen molar-refractivity contribution in [3.8, 4) is 0 Å². The highest BCUT2D eigenvalue weighted by Gasteiger charge is 2.31. The molecule has 1 fully saturated rings. The quantitative estimate of drug-likeness (QED) is 0.858. The molecule has 122 valence electrons. The minimum Gasteiger partial charge on any atom is -0.340 e. The molecular weight excluding hydrogens is 317 g/mol. The average molecular weight is 335 g/mol. The number of hydrogen-bond acceptors (Lipinski definition) is 5. The molecule has 23 heavy (non-hydrogen) atoms. The van der Waals surface area contributed by atoms with Gasteiger partial charge in [0, 0.05) is 19.2 Å².